The summed E-state index contributed by atoms with van der Waals surface area (Å²) in [5.74, 6) is 1.63. The van der Waals surface area contributed by atoms with Gasteiger partial charge in [-0.2, -0.15) is 0 Å². The average molecular weight is 593 g/mol. The van der Waals surface area contributed by atoms with E-state index in [1.807, 2.05) is 12.1 Å². The topological polar surface area (TPSA) is 22.2 Å². The highest BCUT2D eigenvalue weighted by molar-refractivity contribution is 5.88. The number of anilines is 6. The monoisotopic (exact) mass is 592 g/mol. The van der Waals surface area contributed by atoms with Crippen LogP contribution in [0.5, 0.6) is 11.5 Å². The Bertz CT molecular complexity index is 1900. The fraction of sp³-hybridized carbons (Fsp3) is 0.200. The number of para-hydroxylation sites is 2. The van der Waals surface area contributed by atoms with Crippen LogP contribution in [0.3, 0.4) is 0 Å². The molecular formula is C40H40N4O. The molecule has 0 aromatic heterocycles. The third kappa shape index (κ3) is 5.40. The Morgan fingerprint density at radius 3 is 1.60 bits per heavy atom. The molecule has 5 heteroatoms. The Kier molecular flexibility index (Phi) is 7.25. The average Bonchev–Trinajstić information content (AvgIpc) is 3.63. The van der Waals surface area contributed by atoms with E-state index in [1.165, 1.54) is 56.1 Å². The summed E-state index contributed by atoms with van der Waals surface area (Å²) < 4.78 is 6.49. The number of rotatable bonds is 6. The van der Waals surface area contributed by atoms with Gasteiger partial charge in [-0.15, -0.1) is 0 Å². The first-order chi connectivity index (χ1) is 21.7. The number of fused-ring (bicyclic) bond motifs is 1. The van der Waals surface area contributed by atoms with Gasteiger partial charge < -0.3 is 24.3 Å². The van der Waals surface area contributed by atoms with Gasteiger partial charge in [0.25, 0.3) is 0 Å². The van der Waals surface area contributed by atoms with E-state index in [0.29, 0.717) is 0 Å². The van der Waals surface area contributed by atoms with Crippen LogP contribution in [0.1, 0.15) is 33.4 Å². The maximum atomic E-state index is 6.49. The Balaban J connectivity index is 1.11. The molecule has 0 unspecified atom stereocenters. The van der Waals surface area contributed by atoms with Crippen molar-refractivity contribution in [3.63, 3.8) is 0 Å². The van der Waals surface area contributed by atoms with Gasteiger partial charge in [0.1, 0.15) is 18.2 Å². The first-order valence-corrected chi connectivity index (χ1v) is 15.6. The molecule has 0 amide bonds. The number of ether oxygens (including phenoxy) is 1. The lowest BCUT2D eigenvalue weighted by Crippen LogP contribution is -2.25. The number of benzene rings is 5. The molecule has 0 saturated heterocycles. The summed E-state index contributed by atoms with van der Waals surface area (Å²) in [6.07, 6.45) is 4.31. The standard InChI is InChI=1S/C40H40N4O/c1-27-19-29(3)39(30(4)20-27)42-18-17-41(25-42)33-11-9-13-35(23-33)45-36-14-10-12-34(24-36)43-26-44(38-16-8-7-15-37(38)43)40-31(5)21-28(2)22-32(40)6/h7-24H,25-26H2,1-6H3. The summed E-state index contributed by atoms with van der Waals surface area (Å²) in [6, 6.07) is 34.5. The van der Waals surface area contributed by atoms with Crippen LogP contribution in [0.2, 0.25) is 0 Å². The van der Waals surface area contributed by atoms with Crippen molar-refractivity contribution in [2.24, 2.45) is 0 Å². The molecule has 5 aromatic carbocycles. The molecule has 0 fully saturated rings. The quantitative estimate of drug-likeness (QED) is 0.195. The minimum Gasteiger partial charge on any atom is -0.457 e. The number of nitrogens with zero attached hydrogens (tertiary/aromatic N) is 4. The molecule has 7 rings (SSSR count). The van der Waals surface area contributed by atoms with Crippen LogP contribution < -0.4 is 24.3 Å². The first kappa shape index (κ1) is 28.6. The molecule has 2 aliphatic heterocycles. The Hall–Kier alpha value is -5.16. The molecule has 0 radical (unpaired) electrons. The molecule has 2 heterocycles. The molecule has 0 bridgehead atoms. The molecule has 0 N–H and O–H groups in total. The van der Waals surface area contributed by atoms with E-state index in [1.54, 1.807) is 0 Å². The Morgan fingerprint density at radius 1 is 0.467 bits per heavy atom. The SMILES string of the molecule is Cc1cc(C)c(N2C=CN(c3cccc(Oc4cccc(N5CN(c6c(C)cc(C)cc6C)c6ccccc65)c4)c3)C2)c(C)c1. The largest absolute Gasteiger partial charge is 0.457 e. The van der Waals surface area contributed by atoms with Gasteiger partial charge in [-0.05, 0) is 100 Å². The lowest BCUT2D eigenvalue weighted by Gasteiger charge is -2.26. The van der Waals surface area contributed by atoms with Crippen molar-refractivity contribution in [3.8, 4) is 11.5 Å². The highest BCUT2D eigenvalue weighted by atomic mass is 16.5. The van der Waals surface area contributed by atoms with E-state index < -0.39 is 0 Å². The first-order valence-electron chi connectivity index (χ1n) is 15.6. The normalized spacial score (nSPS) is 14.0. The summed E-state index contributed by atoms with van der Waals surface area (Å²) in [5.41, 5.74) is 14.9. The Labute approximate surface area is 267 Å². The number of hydrogen-bond donors (Lipinski definition) is 0. The van der Waals surface area contributed by atoms with Gasteiger partial charge in [0.2, 0.25) is 0 Å². The highest BCUT2D eigenvalue weighted by Crippen LogP contribution is 2.46. The summed E-state index contributed by atoms with van der Waals surface area (Å²) in [7, 11) is 0. The third-order valence-electron chi connectivity index (χ3n) is 8.82. The van der Waals surface area contributed by atoms with Crippen molar-refractivity contribution >= 4 is 34.1 Å². The molecule has 5 nitrogen and oxygen atoms in total. The highest BCUT2D eigenvalue weighted by Gasteiger charge is 2.29. The minimum absolute atomic E-state index is 0.737. The zero-order chi connectivity index (χ0) is 31.2. The zero-order valence-electron chi connectivity index (χ0n) is 27.0. The number of hydrogen-bond acceptors (Lipinski definition) is 5. The second kappa shape index (κ2) is 11.4. The van der Waals surface area contributed by atoms with Gasteiger partial charge in [-0.25, -0.2) is 0 Å². The predicted molar refractivity (Wildman–Crippen MR) is 189 cm³/mol. The lowest BCUT2D eigenvalue weighted by atomic mass is 10.0. The second-order valence-corrected chi connectivity index (χ2v) is 12.5. The van der Waals surface area contributed by atoms with E-state index in [2.05, 4.69) is 158 Å². The van der Waals surface area contributed by atoms with Gasteiger partial charge >= 0.3 is 0 Å². The van der Waals surface area contributed by atoms with Crippen molar-refractivity contribution in [1.82, 2.24) is 0 Å². The van der Waals surface area contributed by atoms with E-state index in [-0.39, 0.29) is 0 Å². The van der Waals surface area contributed by atoms with Crippen molar-refractivity contribution in [2.75, 3.05) is 32.9 Å². The van der Waals surface area contributed by atoms with Crippen LogP contribution in [0.25, 0.3) is 0 Å². The maximum Gasteiger partial charge on any atom is 0.129 e. The molecular weight excluding hydrogens is 552 g/mol. The Morgan fingerprint density at radius 2 is 0.978 bits per heavy atom. The van der Waals surface area contributed by atoms with E-state index in [4.69, 9.17) is 4.74 Å². The molecule has 2 aliphatic rings. The van der Waals surface area contributed by atoms with Gasteiger partial charge in [-0.1, -0.05) is 59.7 Å². The smallest absolute Gasteiger partial charge is 0.129 e. The van der Waals surface area contributed by atoms with Crippen molar-refractivity contribution < 1.29 is 4.74 Å². The minimum atomic E-state index is 0.737. The van der Waals surface area contributed by atoms with Crippen molar-refractivity contribution in [2.45, 2.75) is 41.5 Å². The van der Waals surface area contributed by atoms with Crippen LogP contribution in [0.15, 0.2) is 109 Å². The van der Waals surface area contributed by atoms with Gasteiger partial charge in [0.15, 0.2) is 0 Å². The molecule has 45 heavy (non-hydrogen) atoms. The summed E-state index contributed by atoms with van der Waals surface area (Å²) in [5, 5.41) is 0. The van der Waals surface area contributed by atoms with Crippen molar-refractivity contribution in [3.05, 3.63) is 143 Å². The van der Waals surface area contributed by atoms with Crippen LogP contribution >= 0.6 is 0 Å². The molecule has 0 spiro atoms. The number of aryl methyl sites for hydroxylation is 6. The predicted octanol–water partition coefficient (Wildman–Crippen LogP) is 10.3. The maximum absolute atomic E-state index is 6.49. The summed E-state index contributed by atoms with van der Waals surface area (Å²) in [6.45, 7) is 14.6. The fourth-order valence-corrected chi connectivity index (χ4v) is 7.16. The van der Waals surface area contributed by atoms with Gasteiger partial charge in [0, 0.05) is 47.3 Å². The zero-order valence-corrected chi connectivity index (χ0v) is 27.0. The summed E-state index contributed by atoms with van der Waals surface area (Å²) >= 11 is 0. The molecule has 0 atom stereocenters. The van der Waals surface area contributed by atoms with Gasteiger partial charge in [0.05, 0.1) is 18.0 Å². The van der Waals surface area contributed by atoms with Crippen LogP contribution in [-0.2, 0) is 0 Å². The summed E-state index contributed by atoms with van der Waals surface area (Å²) in [4.78, 5) is 9.38. The van der Waals surface area contributed by atoms with E-state index in [0.717, 1.165) is 36.2 Å². The van der Waals surface area contributed by atoms with Crippen LogP contribution in [-0.4, -0.2) is 13.3 Å². The van der Waals surface area contributed by atoms with Gasteiger partial charge in [-0.3, -0.25) is 0 Å². The van der Waals surface area contributed by atoms with Crippen molar-refractivity contribution in [1.29, 1.82) is 0 Å². The lowest BCUT2D eigenvalue weighted by molar-refractivity contribution is 0.483. The van der Waals surface area contributed by atoms with E-state index >= 15 is 0 Å². The fourth-order valence-electron chi connectivity index (χ4n) is 7.16. The third-order valence-corrected chi connectivity index (χ3v) is 8.82. The molecule has 0 aliphatic carbocycles. The van der Waals surface area contributed by atoms with Crippen LogP contribution in [0.4, 0.5) is 34.1 Å². The molecule has 226 valence electrons. The molecule has 0 saturated carbocycles. The molecule has 5 aromatic rings. The van der Waals surface area contributed by atoms with E-state index in [9.17, 15) is 0 Å². The van der Waals surface area contributed by atoms with Crippen LogP contribution in [0, 0.1) is 41.5 Å². The second-order valence-electron chi connectivity index (χ2n) is 12.5.